The highest BCUT2D eigenvalue weighted by Crippen LogP contribution is 2.45. The smallest absolute Gasteiger partial charge is 0.240 e. The van der Waals surface area contributed by atoms with Crippen molar-refractivity contribution in [1.82, 2.24) is 24.3 Å². The lowest BCUT2D eigenvalue weighted by Gasteiger charge is -2.23. The summed E-state index contributed by atoms with van der Waals surface area (Å²) in [5.41, 5.74) is 10.7. The molecule has 0 saturated carbocycles. The Morgan fingerprint density at radius 2 is 1.94 bits per heavy atom. The fourth-order valence-electron chi connectivity index (χ4n) is 4.85. The van der Waals surface area contributed by atoms with Gasteiger partial charge in [-0.2, -0.15) is 0 Å². The number of carbonyl (C=O) groups excluding carboxylic acids is 1. The molecule has 178 valence electrons. The summed E-state index contributed by atoms with van der Waals surface area (Å²) in [7, 11) is 0. The van der Waals surface area contributed by atoms with Crippen LogP contribution >= 0.6 is 0 Å². The van der Waals surface area contributed by atoms with Gasteiger partial charge < -0.3 is 20.6 Å². The molecular weight excluding hydrogens is 454 g/mol. The first kappa shape index (κ1) is 21.7. The van der Waals surface area contributed by atoms with E-state index in [2.05, 4.69) is 45.4 Å². The third-order valence-electron chi connectivity index (χ3n) is 6.67. The molecule has 0 fully saturated rings. The van der Waals surface area contributed by atoms with E-state index in [1.807, 2.05) is 16.7 Å². The molecule has 1 atom stereocenters. The van der Waals surface area contributed by atoms with E-state index in [0.717, 1.165) is 16.9 Å². The molecule has 3 aromatic heterocycles. The first-order valence-electron chi connectivity index (χ1n) is 11.5. The lowest BCUT2D eigenvalue weighted by molar-refractivity contribution is -0.119. The Balaban J connectivity index is 1.47. The molecule has 1 aliphatic heterocycles. The fraction of sp³-hybridized carbons (Fsp3) is 0.148. The van der Waals surface area contributed by atoms with E-state index < -0.39 is 5.41 Å². The van der Waals surface area contributed by atoms with Crippen molar-refractivity contribution in [3.8, 4) is 17.3 Å². The number of amides is 1. The number of nitrogens with zero attached hydrogens (tertiary/aromatic N) is 5. The number of hydrogen-bond acceptors (Lipinski definition) is 7. The van der Waals surface area contributed by atoms with Gasteiger partial charge in [-0.1, -0.05) is 42.0 Å². The molecule has 9 nitrogen and oxygen atoms in total. The summed E-state index contributed by atoms with van der Waals surface area (Å²) in [5, 5.41) is 12.8. The Hall–Kier alpha value is -4.79. The van der Waals surface area contributed by atoms with Crippen molar-refractivity contribution in [3.63, 3.8) is 0 Å². The van der Waals surface area contributed by atoms with E-state index in [-0.39, 0.29) is 17.5 Å². The van der Waals surface area contributed by atoms with Crippen LogP contribution in [0.5, 0.6) is 5.75 Å². The average molecular weight is 478 g/mol. The largest absolute Gasteiger partial charge is 0.508 e. The molecule has 9 heteroatoms. The second kappa shape index (κ2) is 7.88. The van der Waals surface area contributed by atoms with Gasteiger partial charge in [0.05, 0.1) is 11.3 Å². The second-order valence-electron chi connectivity index (χ2n) is 9.18. The van der Waals surface area contributed by atoms with Crippen LogP contribution in [0.3, 0.4) is 0 Å². The zero-order chi connectivity index (χ0) is 25.0. The van der Waals surface area contributed by atoms with Gasteiger partial charge in [0, 0.05) is 25.0 Å². The van der Waals surface area contributed by atoms with Crippen LogP contribution in [0.1, 0.15) is 34.9 Å². The van der Waals surface area contributed by atoms with E-state index >= 15 is 0 Å². The van der Waals surface area contributed by atoms with Gasteiger partial charge in [0.25, 0.3) is 0 Å². The molecule has 2 aromatic carbocycles. The number of rotatable bonds is 4. The molecule has 0 spiro atoms. The van der Waals surface area contributed by atoms with Crippen molar-refractivity contribution in [3.05, 3.63) is 95.1 Å². The number of carbonyl (C=O) groups is 1. The van der Waals surface area contributed by atoms with Crippen LogP contribution in [0.2, 0.25) is 0 Å². The quantitative estimate of drug-likeness (QED) is 0.360. The molecule has 4 N–H and O–H groups in total. The highest BCUT2D eigenvalue weighted by molar-refractivity contribution is 6.09. The minimum absolute atomic E-state index is 0.0602. The van der Waals surface area contributed by atoms with Gasteiger partial charge in [-0.3, -0.25) is 4.79 Å². The molecule has 36 heavy (non-hydrogen) atoms. The van der Waals surface area contributed by atoms with Crippen LogP contribution in [-0.4, -0.2) is 35.4 Å². The molecule has 0 radical (unpaired) electrons. The number of phenolic OH excluding ortho intramolecular Hbond substituents is 1. The highest BCUT2D eigenvalue weighted by Gasteiger charge is 2.47. The summed E-state index contributed by atoms with van der Waals surface area (Å²) in [5.74, 6) is 0.574. The average Bonchev–Trinajstić information content (AvgIpc) is 3.42. The molecule has 0 saturated heterocycles. The first-order chi connectivity index (χ1) is 17.3. The number of aryl methyl sites for hydroxylation is 1. The van der Waals surface area contributed by atoms with Gasteiger partial charge in [0.1, 0.15) is 28.5 Å². The van der Waals surface area contributed by atoms with E-state index in [0.29, 0.717) is 34.9 Å². The molecule has 0 bridgehead atoms. The number of hydrogen-bond donors (Lipinski definition) is 3. The number of nitrogen functional groups attached to an aromatic ring is 1. The number of nitrogens with two attached hydrogens (primary N) is 1. The summed E-state index contributed by atoms with van der Waals surface area (Å²) >= 11 is 0. The molecule has 1 unspecified atom stereocenters. The van der Waals surface area contributed by atoms with E-state index in [4.69, 9.17) is 10.7 Å². The van der Waals surface area contributed by atoms with Gasteiger partial charge in [-0.15, -0.1) is 0 Å². The molecule has 5 aromatic rings. The van der Waals surface area contributed by atoms with Gasteiger partial charge in [-0.25, -0.2) is 19.9 Å². The minimum Gasteiger partial charge on any atom is -0.508 e. The first-order valence-corrected chi connectivity index (χ1v) is 11.5. The third-order valence-corrected chi connectivity index (χ3v) is 6.67. The number of aromatic nitrogens is 5. The zero-order valence-electron chi connectivity index (χ0n) is 19.7. The predicted molar refractivity (Wildman–Crippen MR) is 136 cm³/mol. The normalized spacial score (nSPS) is 16.8. The van der Waals surface area contributed by atoms with Crippen molar-refractivity contribution in [2.45, 2.75) is 25.7 Å². The number of nitrogens with one attached hydrogen (secondary N) is 1. The Kier molecular flexibility index (Phi) is 4.75. The molecule has 1 amide bonds. The Morgan fingerprint density at radius 3 is 2.75 bits per heavy atom. The standard InChI is InChI=1S/C27H23N7O2/c1-15-5-3-6-16(11-15)12-19-25-29-9-10-34(25)14-20(30-19)23-31-22(28)21-24(32-23)33-26(36)27(21,2)17-7-4-8-18(35)13-17/h3-11,13-14,35H,12H2,1-2H3,(H3,28,31,32,33,36). The Morgan fingerprint density at radius 1 is 1.11 bits per heavy atom. The summed E-state index contributed by atoms with van der Waals surface area (Å²) in [6.07, 6.45) is 5.95. The van der Waals surface area contributed by atoms with Crippen LogP contribution in [0.4, 0.5) is 11.6 Å². The molecular formula is C27H23N7O2. The van der Waals surface area contributed by atoms with Crippen molar-refractivity contribution < 1.29 is 9.90 Å². The summed E-state index contributed by atoms with van der Waals surface area (Å²) in [4.78, 5) is 31.7. The van der Waals surface area contributed by atoms with Crippen molar-refractivity contribution in [1.29, 1.82) is 0 Å². The molecule has 6 rings (SSSR count). The SMILES string of the molecule is Cc1cccc(Cc2nc(-c3nc(N)c4c(n3)NC(=O)C4(C)c3cccc(O)c3)cn3ccnc23)c1. The maximum Gasteiger partial charge on any atom is 0.240 e. The molecule has 0 aliphatic carbocycles. The van der Waals surface area contributed by atoms with Gasteiger partial charge in [0.2, 0.25) is 5.91 Å². The minimum atomic E-state index is -1.14. The Labute approximate surface area is 206 Å². The fourth-order valence-corrected chi connectivity index (χ4v) is 4.85. The van der Waals surface area contributed by atoms with Crippen molar-refractivity contribution in [2.24, 2.45) is 0 Å². The van der Waals surface area contributed by atoms with Crippen LogP contribution in [0.25, 0.3) is 17.2 Å². The number of anilines is 2. The number of phenols is 1. The summed E-state index contributed by atoms with van der Waals surface area (Å²) in [6.45, 7) is 3.80. The maximum absolute atomic E-state index is 13.1. The molecule has 4 heterocycles. The lowest BCUT2D eigenvalue weighted by atomic mass is 9.77. The number of benzene rings is 2. The number of imidazole rings is 1. The van der Waals surface area contributed by atoms with Gasteiger partial charge in [-0.05, 0) is 37.1 Å². The van der Waals surface area contributed by atoms with Crippen LogP contribution in [-0.2, 0) is 16.6 Å². The van der Waals surface area contributed by atoms with Crippen LogP contribution in [0.15, 0.2) is 67.1 Å². The number of aromatic hydroxyl groups is 1. The van der Waals surface area contributed by atoms with E-state index in [1.165, 1.54) is 5.56 Å². The second-order valence-corrected chi connectivity index (χ2v) is 9.18. The molecule has 1 aliphatic rings. The van der Waals surface area contributed by atoms with Gasteiger partial charge >= 0.3 is 0 Å². The van der Waals surface area contributed by atoms with E-state index in [9.17, 15) is 9.90 Å². The predicted octanol–water partition coefficient (Wildman–Crippen LogP) is 3.63. The summed E-state index contributed by atoms with van der Waals surface area (Å²) in [6, 6.07) is 14.8. The van der Waals surface area contributed by atoms with Crippen molar-refractivity contribution in [2.75, 3.05) is 11.1 Å². The van der Waals surface area contributed by atoms with Crippen LogP contribution in [0, 0.1) is 6.92 Å². The van der Waals surface area contributed by atoms with Gasteiger partial charge in [0.15, 0.2) is 11.5 Å². The topological polar surface area (TPSA) is 131 Å². The monoisotopic (exact) mass is 477 g/mol. The lowest BCUT2D eigenvalue weighted by Crippen LogP contribution is -2.32. The zero-order valence-corrected chi connectivity index (χ0v) is 19.7. The van der Waals surface area contributed by atoms with E-state index in [1.54, 1.807) is 43.6 Å². The maximum atomic E-state index is 13.1. The number of fused-ring (bicyclic) bond motifs is 2. The highest BCUT2D eigenvalue weighted by atomic mass is 16.3. The Bertz CT molecular complexity index is 1680. The summed E-state index contributed by atoms with van der Waals surface area (Å²) < 4.78 is 1.88. The van der Waals surface area contributed by atoms with Crippen molar-refractivity contribution >= 4 is 23.2 Å². The van der Waals surface area contributed by atoms with Crippen LogP contribution < -0.4 is 11.1 Å². The third kappa shape index (κ3) is 3.36.